The Kier molecular flexibility index (Phi) is 4.73. The lowest BCUT2D eigenvalue weighted by atomic mass is 9.84. The molecular formula is C13H25N3O2. The largest absolute Gasteiger partial charge is 0.352 e. The zero-order chi connectivity index (χ0) is 13.9. The van der Waals surface area contributed by atoms with E-state index in [1.165, 1.54) is 0 Å². The average Bonchev–Trinajstić information content (AvgIpc) is 2.59. The number of nitrogens with one attached hydrogen (secondary N) is 2. The van der Waals surface area contributed by atoms with Crippen molar-refractivity contribution in [2.24, 2.45) is 11.1 Å². The highest BCUT2D eigenvalue weighted by Gasteiger charge is 2.43. The lowest BCUT2D eigenvalue weighted by molar-refractivity contribution is -0.134. The second-order valence-corrected chi connectivity index (χ2v) is 5.77. The monoisotopic (exact) mass is 255 g/mol. The molecule has 4 N–H and O–H groups in total. The fourth-order valence-corrected chi connectivity index (χ4v) is 2.31. The van der Waals surface area contributed by atoms with E-state index in [0.717, 1.165) is 19.3 Å². The predicted molar refractivity (Wildman–Crippen MR) is 70.8 cm³/mol. The molecule has 0 spiro atoms. The van der Waals surface area contributed by atoms with Crippen LogP contribution >= 0.6 is 0 Å². The van der Waals surface area contributed by atoms with Gasteiger partial charge in [0, 0.05) is 12.1 Å². The molecule has 0 bridgehead atoms. The van der Waals surface area contributed by atoms with Crippen LogP contribution in [0.4, 0.5) is 0 Å². The molecule has 1 saturated carbocycles. The van der Waals surface area contributed by atoms with E-state index in [1.807, 2.05) is 20.8 Å². The van der Waals surface area contributed by atoms with Gasteiger partial charge in [-0.25, -0.2) is 0 Å². The summed E-state index contributed by atoms with van der Waals surface area (Å²) in [6, 6.07) is -0.566. The van der Waals surface area contributed by atoms with Gasteiger partial charge in [-0.05, 0) is 40.5 Å². The molecular weight excluding hydrogens is 230 g/mol. The molecule has 0 heterocycles. The van der Waals surface area contributed by atoms with Gasteiger partial charge >= 0.3 is 0 Å². The number of hydrogen-bond acceptors (Lipinski definition) is 3. The van der Waals surface area contributed by atoms with E-state index in [4.69, 9.17) is 5.73 Å². The summed E-state index contributed by atoms with van der Waals surface area (Å²) in [7, 11) is 0. The highest BCUT2D eigenvalue weighted by Crippen LogP contribution is 2.36. The first-order valence-corrected chi connectivity index (χ1v) is 6.64. The van der Waals surface area contributed by atoms with Crippen LogP contribution in [0.1, 0.15) is 47.0 Å². The number of rotatable bonds is 4. The minimum absolute atomic E-state index is 0.0705. The zero-order valence-corrected chi connectivity index (χ0v) is 11.7. The number of hydrogen-bond donors (Lipinski definition) is 3. The third kappa shape index (κ3) is 3.22. The summed E-state index contributed by atoms with van der Waals surface area (Å²) in [4.78, 5) is 23.9. The quantitative estimate of drug-likeness (QED) is 0.685. The highest BCUT2D eigenvalue weighted by molar-refractivity contribution is 5.90. The van der Waals surface area contributed by atoms with Gasteiger partial charge in [-0.15, -0.1) is 0 Å². The van der Waals surface area contributed by atoms with E-state index in [9.17, 15) is 9.59 Å². The van der Waals surface area contributed by atoms with Crippen molar-refractivity contribution in [3.63, 3.8) is 0 Å². The van der Waals surface area contributed by atoms with E-state index in [0.29, 0.717) is 0 Å². The molecule has 18 heavy (non-hydrogen) atoms. The number of nitrogens with two attached hydrogens (primary N) is 1. The second kappa shape index (κ2) is 5.69. The molecule has 1 aliphatic rings. The molecule has 5 heteroatoms. The molecule has 3 unspecified atom stereocenters. The topological polar surface area (TPSA) is 84.2 Å². The van der Waals surface area contributed by atoms with Gasteiger partial charge < -0.3 is 16.4 Å². The van der Waals surface area contributed by atoms with Gasteiger partial charge in [-0.3, -0.25) is 9.59 Å². The fraction of sp³-hybridized carbons (Fsp3) is 0.846. The van der Waals surface area contributed by atoms with Gasteiger partial charge in [-0.2, -0.15) is 0 Å². The fourth-order valence-electron chi connectivity index (χ4n) is 2.31. The highest BCUT2D eigenvalue weighted by atomic mass is 16.2. The van der Waals surface area contributed by atoms with Crippen LogP contribution in [0.5, 0.6) is 0 Å². The van der Waals surface area contributed by atoms with Gasteiger partial charge in [0.15, 0.2) is 0 Å². The van der Waals surface area contributed by atoms with Crippen molar-refractivity contribution in [2.45, 2.75) is 65.1 Å². The smallest absolute Gasteiger partial charge is 0.242 e. The number of carbonyl (C=O) groups excluding carboxylic acids is 2. The van der Waals surface area contributed by atoms with Crippen molar-refractivity contribution in [3.8, 4) is 0 Å². The van der Waals surface area contributed by atoms with Crippen molar-refractivity contribution in [1.82, 2.24) is 10.6 Å². The summed E-state index contributed by atoms with van der Waals surface area (Å²) in [5.74, 6) is -0.271. The Morgan fingerprint density at radius 3 is 2.33 bits per heavy atom. The van der Waals surface area contributed by atoms with Gasteiger partial charge in [0.2, 0.25) is 11.8 Å². The van der Waals surface area contributed by atoms with Crippen molar-refractivity contribution in [2.75, 3.05) is 0 Å². The van der Waals surface area contributed by atoms with Gasteiger partial charge in [0.1, 0.15) is 6.04 Å². The molecule has 5 nitrogen and oxygen atoms in total. The van der Waals surface area contributed by atoms with E-state index < -0.39 is 11.5 Å². The van der Waals surface area contributed by atoms with E-state index in [2.05, 4.69) is 10.6 Å². The molecule has 0 radical (unpaired) electrons. The molecule has 1 fully saturated rings. The zero-order valence-electron chi connectivity index (χ0n) is 11.7. The first-order valence-electron chi connectivity index (χ1n) is 6.64. The Balaban J connectivity index is 2.56. The maximum atomic E-state index is 12.2. The predicted octanol–water partition coefficient (Wildman–Crippen LogP) is 0.533. The van der Waals surface area contributed by atoms with Crippen LogP contribution in [0.25, 0.3) is 0 Å². The maximum absolute atomic E-state index is 12.2. The van der Waals surface area contributed by atoms with Crippen LogP contribution in [0.2, 0.25) is 0 Å². The van der Waals surface area contributed by atoms with E-state index in [1.54, 1.807) is 6.92 Å². The summed E-state index contributed by atoms with van der Waals surface area (Å²) in [5.41, 5.74) is 5.45. The minimum Gasteiger partial charge on any atom is -0.352 e. The Morgan fingerprint density at radius 1 is 1.28 bits per heavy atom. The summed E-state index contributed by atoms with van der Waals surface area (Å²) >= 11 is 0. The molecule has 2 amide bonds. The van der Waals surface area contributed by atoms with Crippen molar-refractivity contribution in [1.29, 1.82) is 0 Å². The van der Waals surface area contributed by atoms with E-state index in [-0.39, 0.29) is 23.9 Å². The van der Waals surface area contributed by atoms with Gasteiger partial charge in [-0.1, -0.05) is 6.42 Å². The first kappa shape index (κ1) is 15.0. The summed E-state index contributed by atoms with van der Waals surface area (Å²) in [6.07, 6.45) is 2.63. The van der Waals surface area contributed by atoms with Crippen LogP contribution in [-0.2, 0) is 9.59 Å². The Labute approximate surface area is 109 Å². The maximum Gasteiger partial charge on any atom is 0.242 e. The average molecular weight is 255 g/mol. The van der Waals surface area contributed by atoms with Crippen molar-refractivity contribution in [3.05, 3.63) is 0 Å². The van der Waals surface area contributed by atoms with Crippen molar-refractivity contribution < 1.29 is 9.59 Å². The van der Waals surface area contributed by atoms with E-state index >= 15 is 0 Å². The lowest BCUT2D eigenvalue weighted by Crippen LogP contribution is -2.53. The Bertz CT molecular complexity index is 330. The molecule has 3 atom stereocenters. The number of amides is 2. The molecule has 0 saturated heterocycles. The SMILES string of the molecule is CC(C)NC(=O)C(C)NC(=O)C1(C)CCCC1N. The molecule has 1 rings (SSSR count). The molecule has 0 aromatic carbocycles. The lowest BCUT2D eigenvalue weighted by Gasteiger charge is -2.29. The van der Waals surface area contributed by atoms with Gasteiger partial charge in [0.05, 0.1) is 5.41 Å². The molecule has 0 aromatic rings. The Hall–Kier alpha value is -1.10. The molecule has 104 valence electrons. The summed E-state index contributed by atoms with van der Waals surface area (Å²) in [5, 5.41) is 5.54. The second-order valence-electron chi connectivity index (χ2n) is 5.77. The minimum atomic E-state index is -0.535. The first-order chi connectivity index (χ1) is 8.27. The normalized spacial score (nSPS) is 29.1. The Morgan fingerprint density at radius 2 is 1.89 bits per heavy atom. The molecule has 0 aromatic heterocycles. The third-order valence-corrected chi connectivity index (χ3v) is 3.72. The number of carbonyl (C=O) groups is 2. The van der Waals surface area contributed by atoms with Crippen LogP contribution in [0, 0.1) is 5.41 Å². The third-order valence-electron chi connectivity index (χ3n) is 3.72. The summed E-state index contributed by atoms with van der Waals surface area (Å²) < 4.78 is 0. The molecule has 1 aliphatic carbocycles. The summed E-state index contributed by atoms with van der Waals surface area (Å²) in [6.45, 7) is 7.35. The molecule has 0 aliphatic heterocycles. The van der Waals surface area contributed by atoms with Gasteiger partial charge in [0.25, 0.3) is 0 Å². The van der Waals surface area contributed by atoms with Crippen LogP contribution in [0.3, 0.4) is 0 Å². The van der Waals surface area contributed by atoms with Crippen LogP contribution < -0.4 is 16.4 Å². The van der Waals surface area contributed by atoms with Crippen LogP contribution in [-0.4, -0.2) is 29.9 Å². The van der Waals surface area contributed by atoms with Crippen LogP contribution in [0.15, 0.2) is 0 Å². The van der Waals surface area contributed by atoms with Crippen molar-refractivity contribution >= 4 is 11.8 Å². The standard InChI is InChI=1S/C13H25N3O2/c1-8(2)15-11(17)9(3)16-12(18)13(4)7-5-6-10(13)14/h8-10H,5-7,14H2,1-4H3,(H,15,17)(H,16,18).